The summed E-state index contributed by atoms with van der Waals surface area (Å²) in [6, 6.07) is 9.04. The predicted octanol–water partition coefficient (Wildman–Crippen LogP) is 3.00. The number of amides is 1. The Morgan fingerprint density at radius 1 is 1.17 bits per heavy atom. The number of carbonyl (C=O) groups is 2. The van der Waals surface area contributed by atoms with Gasteiger partial charge < -0.3 is 10.4 Å². The molecular weight excluding hydrogens is 419 g/mol. The van der Waals surface area contributed by atoms with Gasteiger partial charge in [-0.3, -0.25) is 4.79 Å². The first-order valence-electron chi connectivity index (χ1n) is 6.60. The molecule has 0 aliphatic heterocycles. The summed E-state index contributed by atoms with van der Waals surface area (Å²) in [6.07, 6.45) is 0.0366. The van der Waals surface area contributed by atoms with Crippen molar-refractivity contribution in [2.75, 3.05) is 0 Å². The fraction of sp³-hybridized carbons (Fsp3) is 0.125. The second-order valence-electron chi connectivity index (χ2n) is 4.80. The maximum absolute atomic E-state index is 13.6. The molecule has 0 aliphatic carbocycles. The monoisotopic (exact) mass is 431 g/mol. The molecule has 120 valence electrons. The van der Waals surface area contributed by atoms with Crippen LogP contribution in [-0.4, -0.2) is 23.0 Å². The van der Waals surface area contributed by atoms with Crippen LogP contribution in [0.25, 0.3) is 0 Å². The molecule has 0 fully saturated rings. The van der Waals surface area contributed by atoms with Gasteiger partial charge >= 0.3 is 5.97 Å². The van der Waals surface area contributed by atoms with Crippen molar-refractivity contribution in [3.05, 3.63) is 68.8 Å². The molecular formula is C16H12F2INO3. The van der Waals surface area contributed by atoms with Crippen LogP contribution in [0.2, 0.25) is 0 Å². The summed E-state index contributed by atoms with van der Waals surface area (Å²) in [5.74, 6) is -4.69. The molecule has 0 saturated heterocycles. The number of nitrogens with one attached hydrogen (secondary N) is 1. The maximum Gasteiger partial charge on any atom is 0.326 e. The summed E-state index contributed by atoms with van der Waals surface area (Å²) in [7, 11) is 0. The van der Waals surface area contributed by atoms with E-state index in [9.17, 15) is 23.5 Å². The zero-order chi connectivity index (χ0) is 17.0. The molecule has 1 amide bonds. The molecule has 2 rings (SSSR count). The molecule has 2 aromatic rings. The van der Waals surface area contributed by atoms with E-state index >= 15 is 0 Å². The van der Waals surface area contributed by atoms with Crippen LogP contribution in [-0.2, 0) is 11.2 Å². The Hall–Kier alpha value is -2.03. The molecule has 1 atom stereocenters. The van der Waals surface area contributed by atoms with Gasteiger partial charge in [0.15, 0.2) is 11.6 Å². The van der Waals surface area contributed by atoms with Gasteiger partial charge in [-0.2, -0.15) is 0 Å². The van der Waals surface area contributed by atoms with Crippen molar-refractivity contribution in [3.63, 3.8) is 0 Å². The molecule has 0 radical (unpaired) electrons. The van der Waals surface area contributed by atoms with Crippen LogP contribution in [0, 0.1) is 15.2 Å². The minimum atomic E-state index is -1.30. The van der Waals surface area contributed by atoms with Crippen LogP contribution in [0.5, 0.6) is 0 Å². The van der Waals surface area contributed by atoms with E-state index in [4.69, 9.17) is 0 Å². The molecule has 4 nitrogen and oxygen atoms in total. The number of carboxylic acid groups (broad SMARTS) is 1. The lowest BCUT2D eigenvalue weighted by atomic mass is 10.1. The highest BCUT2D eigenvalue weighted by atomic mass is 127. The van der Waals surface area contributed by atoms with Crippen molar-refractivity contribution in [2.24, 2.45) is 0 Å². The Bertz CT molecular complexity index is 752. The van der Waals surface area contributed by atoms with Crippen molar-refractivity contribution in [1.82, 2.24) is 5.32 Å². The Kier molecular flexibility index (Phi) is 5.64. The SMILES string of the molecule is O=C(N[C@H](Cc1cccc(I)c1)C(=O)O)c1cccc(F)c1F. The van der Waals surface area contributed by atoms with E-state index in [0.717, 1.165) is 15.7 Å². The molecule has 0 unspecified atom stereocenters. The zero-order valence-electron chi connectivity index (χ0n) is 11.7. The van der Waals surface area contributed by atoms with Crippen molar-refractivity contribution >= 4 is 34.5 Å². The average Bonchev–Trinajstić information content (AvgIpc) is 2.49. The van der Waals surface area contributed by atoms with Crippen molar-refractivity contribution in [1.29, 1.82) is 0 Å². The summed E-state index contributed by atoms with van der Waals surface area (Å²) >= 11 is 2.09. The largest absolute Gasteiger partial charge is 0.480 e. The van der Waals surface area contributed by atoms with Gasteiger partial charge in [0.05, 0.1) is 5.56 Å². The van der Waals surface area contributed by atoms with Crippen LogP contribution >= 0.6 is 22.6 Å². The third-order valence-corrected chi connectivity index (χ3v) is 3.80. The lowest BCUT2D eigenvalue weighted by Gasteiger charge is -2.15. The Morgan fingerprint density at radius 2 is 1.87 bits per heavy atom. The number of hydrogen-bond donors (Lipinski definition) is 2. The first-order chi connectivity index (χ1) is 10.9. The lowest BCUT2D eigenvalue weighted by Crippen LogP contribution is -2.42. The Morgan fingerprint density at radius 3 is 2.52 bits per heavy atom. The molecule has 2 aromatic carbocycles. The zero-order valence-corrected chi connectivity index (χ0v) is 13.9. The summed E-state index contributed by atoms with van der Waals surface area (Å²) in [5, 5.41) is 11.5. The third kappa shape index (κ3) is 4.47. The smallest absolute Gasteiger partial charge is 0.326 e. The van der Waals surface area contributed by atoms with Crippen LogP contribution in [0.4, 0.5) is 8.78 Å². The lowest BCUT2D eigenvalue weighted by molar-refractivity contribution is -0.139. The summed E-state index contributed by atoms with van der Waals surface area (Å²) in [5.41, 5.74) is 0.184. The van der Waals surface area contributed by atoms with Crippen molar-refractivity contribution in [3.8, 4) is 0 Å². The molecule has 0 aromatic heterocycles. The molecule has 0 heterocycles. The van der Waals surface area contributed by atoms with Gasteiger partial charge in [-0.1, -0.05) is 18.2 Å². The summed E-state index contributed by atoms with van der Waals surface area (Å²) in [6.45, 7) is 0. The van der Waals surface area contributed by atoms with Gasteiger partial charge in [-0.05, 0) is 52.4 Å². The fourth-order valence-corrected chi connectivity index (χ4v) is 2.62. The molecule has 0 bridgehead atoms. The maximum atomic E-state index is 13.6. The first kappa shape index (κ1) is 17.3. The standard InChI is InChI=1S/C16H12F2INO3/c17-12-6-2-5-11(14(12)18)15(21)20-13(16(22)23)8-9-3-1-4-10(19)7-9/h1-7,13H,8H2,(H,20,21)(H,22,23)/t13-/m1/s1. The highest BCUT2D eigenvalue weighted by Crippen LogP contribution is 2.13. The van der Waals surface area contributed by atoms with Crippen LogP contribution < -0.4 is 5.32 Å². The van der Waals surface area contributed by atoms with Crippen LogP contribution in [0.15, 0.2) is 42.5 Å². The van der Waals surface area contributed by atoms with Gasteiger partial charge in [0.1, 0.15) is 6.04 Å². The fourth-order valence-electron chi connectivity index (χ4n) is 2.01. The van der Waals surface area contributed by atoms with E-state index in [-0.39, 0.29) is 6.42 Å². The number of carbonyl (C=O) groups excluding carboxylic acids is 1. The van der Waals surface area contributed by atoms with E-state index in [0.29, 0.717) is 5.56 Å². The molecule has 0 spiro atoms. The summed E-state index contributed by atoms with van der Waals surface area (Å²) < 4.78 is 27.7. The molecule has 23 heavy (non-hydrogen) atoms. The van der Waals surface area contributed by atoms with E-state index in [1.165, 1.54) is 6.07 Å². The summed E-state index contributed by atoms with van der Waals surface area (Å²) in [4.78, 5) is 23.3. The topological polar surface area (TPSA) is 66.4 Å². The first-order valence-corrected chi connectivity index (χ1v) is 7.68. The number of hydrogen-bond acceptors (Lipinski definition) is 2. The van der Waals surface area contributed by atoms with E-state index in [1.807, 2.05) is 6.07 Å². The number of rotatable bonds is 5. The average molecular weight is 431 g/mol. The highest BCUT2D eigenvalue weighted by Gasteiger charge is 2.23. The second kappa shape index (κ2) is 7.49. The Balaban J connectivity index is 2.18. The second-order valence-corrected chi connectivity index (χ2v) is 6.05. The van der Waals surface area contributed by atoms with Crippen molar-refractivity contribution < 1.29 is 23.5 Å². The number of benzene rings is 2. The molecule has 0 aliphatic rings. The highest BCUT2D eigenvalue weighted by molar-refractivity contribution is 14.1. The molecule has 7 heteroatoms. The van der Waals surface area contributed by atoms with Gasteiger partial charge in [0, 0.05) is 9.99 Å². The van der Waals surface area contributed by atoms with E-state index < -0.39 is 35.1 Å². The van der Waals surface area contributed by atoms with E-state index in [2.05, 4.69) is 27.9 Å². The minimum absolute atomic E-state index is 0.0366. The van der Waals surface area contributed by atoms with Gasteiger partial charge in [0.2, 0.25) is 0 Å². The molecule has 2 N–H and O–H groups in total. The van der Waals surface area contributed by atoms with Crippen LogP contribution in [0.1, 0.15) is 15.9 Å². The van der Waals surface area contributed by atoms with Gasteiger partial charge in [0.25, 0.3) is 5.91 Å². The quantitative estimate of drug-likeness (QED) is 0.716. The minimum Gasteiger partial charge on any atom is -0.480 e. The van der Waals surface area contributed by atoms with Gasteiger partial charge in [-0.25, -0.2) is 13.6 Å². The number of carboxylic acids is 1. The van der Waals surface area contributed by atoms with Gasteiger partial charge in [-0.15, -0.1) is 0 Å². The van der Waals surface area contributed by atoms with Crippen molar-refractivity contribution in [2.45, 2.75) is 12.5 Å². The molecule has 0 saturated carbocycles. The predicted molar refractivity (Wildman–Crippen MR) is 88.1 cm³/mol. The number of halogens is 3. The number of aliphatic carboxylic acids is 1. The third-order valence-electron chi connectivity index (χ3n) is 3.13. The Labute approximate surface area is 144 Å². The van der Waals surface area contributed by atoms with Crippen LogP contribution in [0.3, 0.4) is 0 Å². The normalized spacial score (nSPS) is 11.8. The van der Waals surface area contributed by atoms with E-state index in [1.54, 1.807) is 18.2 Å².